The smallest absolute Gasteiger partial charge is 0.255 e. The maximum Gasteiger partial charge on any atom is 0.255 e. The molecule has 1 unspecified atom stereocenters. The second-order valence-electron chi connectivity index (χ2n) is 9.79. The molecular weight excluding hydrogens is 410 g/mol. The standard InChI is InChI=1S/C28H33N3O2/c1-19-11-14-26(27(32)30-19)31-18-23-16-21(12-13-24(23)28(31)33)15-22-9-5-6-10-25(22)29-17-20-7-3-2-4-8-20/h2-4,7-8,12-13,16,22,25-26,29H,1,5-6,9-11,14-15,17-18H2,(H,30,32)/t22-,25+,26?/m1/s1. The molecule has 2 aliphatic heterocycles. The van der Waals surface area contributed by atoms with Crippen LogP contribution >= 0.6 is 0 Å². The maximum absolute atomic E-state index is 13.0. The monoisotopic (exact) mass is 443 g/mol. The summed E-state index contributed by atoms with van der Waals surface area (Å²) in [5.41, 5.74) is 5.17. The zero-order valence-electron chi connectivity index (χ0n) is 19.2. The van der Waals surface area contributed by atoms with Crippen LogP contribution < -0.4 is 10.6 Å². The molecule has 172 valence electrons. The number of hydrogen-bond acceptors (Lipinski definition) is 3. The number of nitrogens with one attached hydrogen (secondary N) is 2. The van der Waals surface area contributed by atoms with Crippen LogP contribution in [0.3, 0.4) is 0 Å². The molecule has 2 aromatic rings. The summed E-state index contributed by atoms with van der Waals surface area (Å²) in [6, 6.07) is 17.0. The molecule has 0 spiro atoms. The number of nitrogens with zero attached hydrogens (tertiary/aromatic N) is 1. The van der Waals surface area contributed by atoms with E-state index in [0.717, 1.165) is 36.2 Å². The fraction of sp³-hybridized carbons (Fsp3) is 0.429. The first-order valence-corrected chi connectivity index (χ1v) is 12.3. The Bertz CT molecular complexity index is 1050. The number of amides is 2. The van der Waals surface area contributed by atoms with Crippen molar-refractivity contribution in [3.05, 3.63) is 83.1 Å². The van der Waals surface area contributed by atoms with Gasteiger partial charge in [0.1, 0.15) is 6.04 Å². The van der Waals surface area contributed by atoms with Gasteiger partial charge in [-0.05, 0) is 60.8 Å². The Labute approximate surface area is 196 Å². The molecule has 0 aromatic heterocycles. The van der Waals surface area contributed by atoms with E-state index in [9.17, 15) is 9.59 Å². The van der Waals surface area contributed by atoms with Gasteiger partial charge in [0.25, 0.3) is 5.91 Å². The number of carbonyl (C=O) groups excluding carboxylic acids is 2. The maximum atomic E-state index is 13.0. The largest absolute Gasteiger partial charge is 0.329 e. The number of rotatable bonds is 6. The minimum absolute atomic E-state index is 0.0238. The highest BCUT2D eigenvalue weighted by molar-refractivity contribution is 6.01. The molecule has 1 saturated heterocycles. The molecule has 2 heterocycles. The van der Waals surface area contributed by atoms with Gasteiger partial charge in [-0.2, -0.15) is 0 Å². The average molecular weight is 444 g/mol. The second-order valence-corrected chi connectivity index (χ2v) is 9.79. The molecule has 0 bridgehead atoms. The van der Waals surface area contributed by atoms with Crippen LogP contribution in [0.4, 0.5) is 0 Å². The van der Waals surface area contributed by atoms with E-state index in [0.29, 0.717) is 24.9 Å². The van der Waals surface area contributed by atoms with Crippen molar-refractivity contribution in [2.45, 2.75) is 70.1 Å². The van der Waals surface area contributed by atoms with Crippen molar-refractivity contribution in [3.8, 4) is 0 Å². The van der Waals surface area contributed by atoms with Gasteiger partial charge in [0.05, 0.1) is 0 Å². The van der Waals surface area contributed by atoms with Gasteiger partial charge in [0, 0.05) is 30.4 Å². The highest BCUT2D eigenvalue weighted by atomic mass is 16.2. The first-order valence-electron chi connectivity index (χ1n) is 12.3. The van der Waals surface area contributed by atoms with E-state index in [1.165, 1.54) is 36.8 Å². The number of allylic oxidation sites excluding steroid dienone is 1. The SMILES string of the molecule is C=C1CCC(N2Cc3cc(C[C@H]4CCCC[C@@H]4NCc4ccccc4)ccc3C2=O)C(=O)N1. The van der Waals surface area contributed by atoms with Crippen LogP contribution in [0.5, 0.6) is 0 Å². The van der Waals surface area contributed by atoms with Gasteiger partial charge in [-0.25, -0.2) is 0 Å². The summed E-state index contributed by atoms with van der Waals surface area (Å²) in [6.07, 6.45) is 7.42. The van der Waals surface area contributed by atoms with E-state index >= 15 is 0 Å². The van der Waals surface area contributed by atoms with Crippen molar-refractivity contribution in [2.24, 2.45) is 5.92 Å². The number of piperidine rings is 1. The van der Waals surface area contributed by atoms with Gasteiger partial charge in [0.15, 0.2) is 0 Å². The first kappa shape index (κ1) is 21.9. The van der Waals surface area contributed by atoms with Crippen LogP contribution in [0.2, 0.25) is 0 Å². The summed E-state index contributed by atoms with van der Waals surface area (Å²) in [6.45, 7) is 5.28. The molecule has 0 radical (unpaired) electrons. The van der Waals surface area contributed by atoms with Gasteiger partial charge >= 0.3 is 0 Å². The summed E-state index contributed by atoms with van der Waals surface area (Å²) < 4.78 is 0. The van der Waals surface area contributed by atoms with Gasteiger partial charge in [-0.3, -0.25) is 9.59 Å². The van der Waals surface area contributed by atoms with Crippen molar-refractivity contribution in [3.63, 3.8) is 0 Å². The second kappa shape index (κ2) is 9.52. The molecule has 2 N–H and O–H groups in total. The minimum Gasteiger partial charge on any atom is -0.329 e. The predicted molar refractivity (Wildman–Crippen MR) is 129 cm³/mol. The van der Waals surface area contributed by atoms with Gasteiger partial charge in [-0.15, -0.1) is 0 Å². The molecule has 33 heavy (non-hydrogen) atoms. The summed E-state index contributed by atoms with van der Waals surface area (Å²) in [7, 11) is 0. The molecule has 2 amide bonds. The normalized spacial score (nSPS) is 25.2. The molecule has 2 aromatic carbocycles. The van der Waals surface area contributed by atoms with Crippen LogP contribution in [0.1, 0.15) is 65.6 Å². The minimum atomic E-state index is -0.399. The molecular formula is C28H33N3O2. The van der Waals surface area contributed by atoms with E-state index in [1.807, 2.05) is 6.07 Å². The lowest BCUT2D eigenvalue weighted by Crippen LogP contribution is -2.49. The van der Waals surface area contributed by atoms with Crippen LogP contribution in [-0.2, 0) is 24.3 Å². The quantitative estimate of drug-likeness (QED) is 0.699. The van der Waals surface area contributed by atoms with Gasteiger partial charge in [-0.1, -0.05) is 61.9 Å². The number of benzene rings is 2. The third-order valence-corrected chi connectivity index (χ3v) is 7.52. The molecule has 2 fully saturated rings. The molecule has 3 atom stereocenters. The Morgan fingerprint density at radius 1 is 1.00 bits per heavy atom. The molecule has 3 aliphatic rings. The van der Waals surface area contributed by atoms with E-state index in [4.69, 9.17) is 0 Å². The lowest BCUT2D eigenvalue weighted by molar-refractivity contribution is -0.126. The zero-order chi connectivity index (χ0) is 22.8. The van der Waals surface area contributed by atoms with Gasteiger partial charge in [0.2, 0.25) is 5.91 Å². The van der Waals surface area contributed by atoms with Crippen molar-refractivity contribution in [1.82, 2.24) is 15.5 Å². The van der Waals surface area contributed by atoms with Crippen LogP contribution in [-0.4, -0.2) is 28.8 Å². The summed E-state index contributed by atoms with van der Waals surface area (Å²) in [5.74, 6) is 0.468. The lowest BCUT2D eigenvalue weighted by atomic mass is 9.80. The van der Waals surface area contributed by atoms with E-state index in [-0.39, 0.29) is 11.8 Å². The lowest BCUT2D eigenvalue weighted by Gasteiger charge is -2.32. The number of hydrogen-bond donors (Lipinski definition) is 2. The summed E-state index contributed by atoms with van der Waals surface area (Å²) in [4.78, 5) is 27.2. The van der Waals surface area contributed by atoms with E-state index in [1.54, 1.807) is 4.90 Å². The topological polar surface area (TPSA) is 61.4 Å². The van der Waals surface area contributed by atoms with Crippen molar-refractivity contribution < 1.29 is 9.59 Å². The Kier molecular flexibility index (Phi) is 6.32. The first-order chi connectivity index (χ1) is 16.1. The Morgan fingerprint density at radius 3 is 2.64 bits per heavy atom. The predicted octanol–water partition coefficient (Wildman–Crippen LogP) is 4.33. The third-order valence-electron chi connectivity index (χ3n) is 7.52. The fourth-order valence-corrected chi connectivity index (χ4v) is 5.70. The molecule has 5 rings (SSSR count). The Morgan fingerprint density at radius 2 is 1.82 bits per heavy atom. The summed E-state index contributed by atoms with van der Waals surface area (Å²) >= 11 is 0. The highest BCUT2D eigenvalue weighted by Gasteiger charge is 2.38. The number of fused-ring (bicyclic) bond motifs is 1. The van der Waals surface area contributed by atoms with E-state index in [2.05, 4.69) is 59.7 Å². The van der Waals surface area contributed by atoms with Crippen LogP contribution in [0, 0.1) is 5.92 Å². The Balaban J connectivity index is 1.25. The summed E-state index contributed by atoms with van der Waals surface area (Å²) in [5, 5.41) is 6.63. The Hall–Kier alpha value is -2.92. The van der Waals surface area contributed by atoms with Crippen molar-refractivity contribution in [2.75, 3.05) is 0 Å². The highest BCUT2D eigenvalue weighted by Crippen LogP contribution is 2.32. The zero-order valence-corrected chi connectivity index (χ0v) is 19.2. The molecule has 1 saturated carbocycles. The molecule has 5 heteroatoms. The average Bonchev–Trinajstić information content (AvgIpc) is 3.14. The van der Waals surface area contributed by atoms with Crippen molar-refractivity contribution >= 4 is 11.8 Å². The van der Waals surface area contributed by atoms with Crippen molar-refractivity contribution in [1.29, 1.82) is 0 Å². The third kappa shape index (κ3) is 4.74. The molecule has 1 aliphatic carbocycles. The molecule has 5 nitrogen and oxygen atoms in total. The van der Waals surface area contributed by atoms with Crippen LogP contribution in [0.25, 0.3) is 0 Å². The van der Waals surface area contributed by atoms with E-state index < -0.39 is 6.04 Å². The number of carbonyl (C=O) groups is 2. The van der Waals surface area contributed by atoms with Gasteiger partial charge < -0.3 is 15.5 Å². The van der Waals surface area contributed by atoms with Crippen LogP contribution in [0.15, 0.2) is 60.8 Å². The fourth-order valence-electron chi connectivity index (χ4n) is 5.70.